The minimum absolute atomic E-state index is 0.0686. The van der Waals surface area contributed by atoms with Gasteiger partial charge < -0.3 is 5.11 Å². The second-order valence-corrected chi connectivity index (χ2v) is 14.2. The minimum atomic E-state index is -0.0686. The largest absolute Gasteiger partial charge is 0.507 e. The quantitative estimate of drug-likeness (QED) is 0.242. The van der Waals surface area contributed by atoms with Crippen LogP contribution < -0.4 is 0 Å². The van der Waals surface area contributed by atoms with Crippen molar-refractivity contribution < 1.29 is 5.11 Å². The van der Waals surface area contributed by atoms with Gasteiger partial charge in [-0.3, -0.25) is 0 Å². The Morgan fingerprint density at radius 3 is 2.16 bits per heavy atom. The standard InChI is InChI=1S/C35H34OS/c1-21-14-26-25(16-24(21)31-15-22-10-6-9-13-30(22)37-31)29(36)17-28-32(26)23-11-7-8-12-27(23)35(28)19-33(2,3)18-34(4,5)20-35/h6-17,36H,18-20H2,1-5H3. The van der Waals surface area contributed by atoms with Crippen molar-refractivity contribution in [2.24, 2.45) is 10.8 Å². The molecule has 0 amide bonds. The van der Waals surface area contributed by atoms with Gasteiger partial charge >= 0.3 is 0 Å². The van der Waals surface area contributed by atoms with E-state index in [0.29, 0.717) is 5.75 Å². The number of rotatable bonds is 1. The van der Waals surface area contributed by atoms with Gasteiger partial charge in [-0.15, -0.1) is 11.3 Å². The molecule has 1 spiro atoms. The van der Waals surface area contributed by atoms with E-state index in [1.807, 2.05) is 11.3 Å². The van der Waals surface area contributed by atoms with Crippen LogP contribution in [-0.4, -0.2) is 5.11 Å². The van der Waals surface area contributed by atoms with Crippen LogP contribution in [0.15, 0.2) is 72.8 Å². The Kier molecular flexibility index (Phi) is 4.66. The molecule has 186 valence electrons. The monoisotopic (exact) mass is 502 g/mol. The number of aromatic hydroxyl groups is 1. The van der Waals surface area contributed by atoms with Gasteiger partial charge in [-0.25, -0.2) is 0 Å². The van der Waals surface area contributed by atoms with Crippen LogP contribution in [0.3, 0.4) is 0 Å². The molecule has 1 fully saturated rings. The summed E-state index contributed by atoms with van der Waals surface area (Å²) in [5.41, 5.74) is 8.31. The van der Waals surface area contributed by atoms with E-state index < -0.39 is 0 Å². The third-order valence-electron chi connectivity index (χ3n) is 8.90. The van der Waals surface area contributed by atoms with Crippen molar-refractivity contribution in [1.82, 2.24) is 0 Å². The molecule has 0 unspecified atom stereocenters. The van der Waals surface area contributed by atoms with Crippen molar-refractivity contribution in [3.05, 3.63) is 89.5 Å². The molecule has 5 aromatic rings. The lowest BCUT2D eigenvalue weighted by Gasteiger charge is -2.51. The third-order valence-corrected chi connectivity index (χ3v) is 10.0. The molecule has 2 aliphatic carbocycles. The number of fused-ring (bicyclic) bond motifs is 8. The zero-order valence-corrected chi connectivity index (χ0v) is 23.2. The fourth-order valence-electron chi connectivity index (χ4n) is 8.37. The van der Waals surface area contributed by atoms with Gasteiger partial charge in [0.05, 0.1) is 0 Å². The van der Waals surface area contributed by atoms with Gasteiger partial charge in [0.2, 0.25) is 0 Å². The molecular weight excluding hydrogens is 468 g/mol. The lowest BCUT2D eigenvalue weighted by molar-refractivity contribution is 0.0645. The van der Waals surface area contributed by atoms with E-state index in [1.165, 1.54) is 60.2 Å². The molecule has 0 aliphatic heterocycles. The number of aryl methyl sites for hydroxylation is 1. The van der Waals surface area contributed by atoms with Crippen molar-refractivity contribution in [1.29, 1.82) is 0 Å². The van der Waals surface area contributed by atoms with Gasteiger partial charge in [0, 0.05) is 20.4 Å². The molecule has 2 aliphatic rings. The smallest absolute Gasteiger partial charge is 0.123 e. The average Bonchev–Trinajstić information content (AvgIpc) is 3.35. The van der Waals surface area contributed by atoms with E-state index in [2.05, 4.69) is 107 Å². The number of phenolic OH excluding ortho intramolecular Hbond substituents is 1. The molecule has 4 aromatic carbocycles. The maximum atomic E-state index is 11.6. The first-order valence-corrected chi connectivity index (χ1v) is 14.3. The van der Waals surface area contributed by atoms with Crippen LogP contribution in [0, 0.1) is 17.8 Å². The summed E-state index contributed by atoms with van der Waals surface area (Å²) in [7, 11) is 0. The van der Waals surface area contributed by atoms with Crippen molar-refractivity contribution >= 4 is 32.2 Å². The minimum Gasteiger partial charge on any atom is -0.507 e. The highest BCUT2D eigenvalue weighted by atomic mass is 32.1. The maximum absolute atomic E-state index is 11.6. The van der Waals surface area contributed by atoms with E-state index in [0.717, 1.165) is 18.2 Å². The van der Waals surface area contributed by atoms with Crippen LogP contribution in [0.1, 0.15) is 63.6 Å². The molecule has 7 rings (SSSR count). The summed E-state index contributed by atoms with van der Waals surface area (Å²) in [6, 6.07) is 26.6. The van der Waals surface area contributed by atoms with Crippen LogP contribution in [0.25, 0.3) is 42.4 Å². The first-order chi connectivity index (χ1) is 17.6. The number of phenols is 1. The zero-order chi connectivity index (χ0) is 25.7. The topological polar surface area (TPSA) is 20.2 Å². The summed E-state index contributed by atoms with van der Waals surface area (Å²) in [5.74, 6) is 0.407. The van der Waals surface area contributed by atoms with Gasteiger partial charge in [0.15, 0.2) is 0 Å². The Balaban J connectivity index is 1.51. The molecule has 0 atom stereocenters. The molecule has 37 heavy (non-hydrogen) atoms. The van der Waals surface area contributed by atoms with Crippen LogP contribution in [0.4, 0.5) is 0 Å². The maximum Gasteiger partial charge on any atom is 0.123 e. The molecule has 1 aromatic heterocycles. The second kappa shape index (κ2) is 7.48. The first-order valence-electron chi connectivity index (χ1n) is 13.5. The highest BCUT2D eigenvalue weighted by molar-refractivity contribution is 7.22. The van der Waals surface area contributed by atoms with Gasteiger partial charge in [-0.05, 0) is 105 Å². The van der Waals surface area contributed by atoms with Gasteiger partial charge in [0.25, 0.3) is 0 Å². The predicted molar refractivity (Wildman–Crippen MR) is 159 cm³/mol. The van der Waals surface area contributed by atoms with Crippen molar-refractivity contribution in [3.8, 4) is 27.3 Å². The Morgan fingerprint density at radius 1 is 0.703 bits per heavy atom. The molecule has 2 heteroatoms. The third kappa shape index (κ3) is 3.35. The fourth-order valence-corrected chi connectivity index (χ4v) is 9.51. The lowest BCUT2D eigenvalue weighted by atomic mass is 9.52. The first kappa shape index (κ1) is 23.0. The van der Waals surface area contributed by atoms with Gasteiger partial charge in [-0.2, -0.15) is 0 Å². The summed E-state index contributed by atoms with van der Waals surface area (Å²) in [5, 5.41) is 15.0. The van der Waals surface area contributed by atoms with Crippen LogP contribution in [-0.2, 0) is 5.41 Å². The Hall–Kier alpha value is -3.10. The number of thiophene rings is 1. The normalized spacial score (nSPS) is 18.8. The van der Waals surface area contributed by atoms with E-state index in [-0.39, 0.29) is 16.2 Å². The fraction of sp³-hybridized carbons (Fsp3) is 0.314. The van der Waals surface area contributed by atoms with Crippen LogP contribution >= 0.6 is 11.3 Å². The van der Waals surface area contributed by atoms with Gasteiger partial charge in [0.1, 0.15) is 5.75 Å². The van der Waals surface area contributed by atoms with Crippen molar-refractivity contribution in [2.45, 2.75) is 59.3 Å². The highest BCUT2D eigenvalue weighted by Gasteiger charge is 2.53. The summed E-state index contributed by atoms with van der Waals surface area (Å²) in [4.78, 5) is 1.26. The van der Waals surface area contributed by atoms with E-state index in [1.54, 1.807) is 0 Å². The number of benzene rings is 4. The molecule has 0 radical (unpaired) electrons. The molecule has 0 saturated heterocycles. The number of hydrogen-bond acceptors (Lipinski definition) is 2. The predicted octanol–water partition coefficient (Wildman–Crippen LogP) is 10.2. The van der Waals surface area contributed by atoms with Crippen molar-refractivity contribution in [3.63, 3.8) is 0 Å². The molecule has 1 heterocycles. The van der Waals surface area contributed by atoms with Crippen molar-refractivity contribution in [2.75, 3.05) is 0 Å². The molecule has 1 nitrogen and oxygen atoms in total. The Labute approximate surface area is 223 Å². The molecule has 0 bridgehead atoms. The van der Waals surface area contributed by atoms with Crippen LogP contribution in [0.5, 0.6) is 5.75 Å². The highest BCUT2D eigenvalue weighted by Crippen LogP contribution is 2.64. The Bertz CT molecular complexity index is 1680. The average molecular weight is 503 g/mol. The van der Waals surface area contributed by atoms with Crippen LogP contribution in [0.2, 0.25) is 0 Å². The van der Waals surface area contributed by atoms with E-state index >= 15 is 0 Å². The Morgan fingerprint density at radius 2 is 1.41 bits per heavy atom. The summed E-state index contributed by atoms with van der Waals surface area (Å²) in [6.07, 6.45) is 3.44. The number of hydrogen-bond donors (Lipinski definition) is 1. The summed E-state index contributed by atoms with van der Waals surface area (Å²) < 4.78 is 1.30. The van der Waals surface area contributed by atoms with E-state index in [9.17, 15) is 5.11 Å². The lowest BCUT2D eigenvalue weighted by Crippen LogP contribution is -2.43. The zero-order valence-electron chi connectivity index (χ0n) is 22.4. The SMILES string of the molecule is Cc1cc2c3c(cc(O)c2cc1-c1cc2ccccc2s1)C1(CC(C)(C)CC(C)(C)C1)c1ccccc1-3. The molecule has 1 N–H and O–H groups in total. The molecule has 1 saturated carbocycles. The summed E-state index contributed by atoms with van der Waals surface area (Å²) >= 11 is 1.83. The second-order valence-electron chi connectivity index (χ2n) is 13.2. The summed E-state index contributed by atoms with van der Waals surface area (Å²) in [6.45, 7) is 11.9. The molecular formula is C35H34OS. The van der Waals surface area contributed by atoms with E-state index in [4.69, 9.17) is 0 Å². The van der Waals surface area contributed by atoms with Gasteiger partial charge in [-0.1, -0.05) is 76.2 Å².